The topological polar surface area (TPSA) is 80.6 Å². The van der Waals surface area contributed by atoms with Crippen molar-refractivity contribution in [2.24, 2.45) is 0 Å². The van der Waals surface area contributed by atoms with E-state index in [0.717, 1.165) is 0 Å². The second-order valence-corrected chi connectivity index (χ2v) is 5.70. The van der Waals surface area contributed by atoms with Crippen LogP contribution in [-0.2, 0) is 4.79 Å². The smallest absolute Gasteiger partial charge is 0.266 e. The van der Waals surface area contributed by atoms with Crippen molar-refractivity contribution in [1.29, 1.82) is 5.26 Å². The largest absolute Gasteiger partial charge is 0.492 e. The molecular weight excluding hydrogens is 356 g/mol. The number of nitriles is 1. The molecule has 0 aliphatic carbocycles. The molecule has 2 aromatic carbocycles. The number of fused-ring (bicyclic) bond motifs is 1. The van der Waals surface area contributed by atoms with Crippen molar-refractivity contribution in [2.75, 3.05) is 18.7 Å². The number of hydrogen-bond acceptors (Lipinski definition) is 5. The lowest BCUT2D eigenvalue weighted by Crippen LogP contribution is -2.14. The summed E-state index contributed by atoms with van der Waals surface area (Å²) in [6.07, 6.45) is 1.44. The van der Waals surface area contributed by atoms with E-state index >= 15 is 0 Å². The Kier molecular flexibility index (Phi) is 5.30. The Labute approximate surface area is 155 Å². The van der Waals surface area contributed by atoms with Gasteiger partial charge in [-0.3, -0.25) is 4.79 Å². The highest BCUT2D eigenvalue weighted by Gasteiger charge is 2.19. The van der Waals surface area contributed by atoms with Crippen LogP contribution in [0.4, 0.5) is 5.69 Å². The number of ether oxygens (including phenoxy) is 3. The van der Waals surface area contributed by atoms with E-state index in [9.17, 15) is 10.1 Å². The Morgan fingerprint density at radius 1 is 1.38 bits per heavy atom. The van der Waals surface area contributed by atoms with E-state index in [1.165, 1.54) is 6.08 Å². The number of halogens is 1. The van der Waals surface area contributed by atoms with Gasteiger partial charge in [-0.2, -0.15) is 5.26 Å². The van der Waals surface area contributed by atoms with Crippen LogP contribution in [0.2, 0.25) is 5.02 Å². The zero-order valence-corrected chi connectivity index (χ0v) is 14.7. The van der Waals surface area contributed by atoms with Crippen LogP contribution >= 0.6 is 11.6 Å². The van der Waals surface area contributed by atoms with Gasteiger partial charge in [-0.25, -0.2) is 0 Å². The van der Waals surface area contributed by atoms with E-state index in [0.29, 0.717) is 40.1 Å². The number of benzene rings is 2. The minimum atomic E-state index is -0.548. The maximum Gasteiger partial charge on any atom is 0.266 e. The van der Waals surface area contributed by atoms with Gasteiger partial charge in [-0.1, -0.05) is 23.7 Å². The molecule has 0 atom stereocenters. The molecule has 1 aliphatic heterocycles. The van der Waals surface area contributed by atoms with E-state index in [4.69, 9.17) is 25.8 Å². The van der Waals surface area contributed by atoms with Crippen LogP contribution in [0.15, 0.2) is 42.0 Å². The van der Waals surface area contributed by atoms with Crippen molar-refractivity contribution in [3.8, 4) is 23.3 Å². The van der Waals surface area contributed by atoms with Crippen LogP contribution < -0.4 is 19.5 Å². The molecule has 0 spiro atoms. The molecule has 0 saturated carbocycles. The average Bonchev–Trinajstić information content (AvgIpc) is 3.10. The van der Waals surface area contributed by atoms with Gasteiger partial charge in [-0.05, 0) is 42.8 Å². The molecule has 132 valence electrons. The molecule has 1 amide bonds. The lowest BCUT2D eigenvalue weighted by Gasteiger charge is -2.10. The summed E-state index contributed by atoms with van der Waals surface area (Å²) in [7, 11) is 0. The third-order valence-corrected chi connectivity index (χ3v) is 3.84. The third kappa shape index (κ3) is 3.73. The van der Waals surface area contributed by atoms with Gasteiger partial charge in [-0.15, -0.1) is 0 Å². The van der Waals surface area contributed by atoms with E-state index in [1.54, 1.807) is 36.4 Å². The second-order valence-electron chi connectivity index (χ2n) is 5.29. The summed E-state index contributed by atoms with van der Waals surface area (Å²) in [5.74, 6) is 0.917. The van der Waals surface area contributed by atoms with Gasteiger partial charge >= 0.3 is 0 Å². The molecular formula is C19H15ClN2O4. The van der Waals surface area contributed by atoms with Gasteiger partial charge in [0.2, 0.25) is 6.79 Å². The second kappa shape index (κ2) is 7.81. The maximum atomic E-state index is 12.5. The first-order chi connectivity index (χ1) is 12.6. The molecule has 1 aliphatic rings. The Bertz CT molecular complexity index is 918. The van der Waals surface area contributed by atoms with Gasteiger partial charge < -0.3 is 19.5 Å². The first-order valence-corrected chi connectivity index (χ1v) is 8.24. The Morgan fingerprint density at radius 2 is 2.19 bits per heavy atom. The lowest BCUT2D eigenvalue weighted by molar-refractivity contribution is -0.112. The molecule has 0 unspecified atom stereocenters. The third-order valence-electron chi connectivity index (χ3n) is 3.56. The summed E-state index contributed by atoms with van der Waals surface area (Å²) in [5.41, 5.74) is 0.972. The molecule has 0 aromatic heterocycles. The predicted octanol–water partition coefficient (Wildman–Crippen LogP) is 4.01. The molecule has 0 fully saturated rings. The standard InChI is InChI=1S/C19H15ClN2O4/c1-2-24-16-6-4-3-5-15(16)22-19(23)13(10-21)7-12-8-14(20)18-17(9-12)25-11-26-18/h3-9H,2,11H2,1H3,(H,22,23)/b13-7+. The van der Waals surface area contributed by atoms with E-state index in [1.807, 2.05) is 13.0 Å². The average molecular weight is 371 g/mol. The first kappa shape index (κ1) is 17.6. The number of para-hydroxylation sites is 2. The molecule has 3 rings (SSSR count). The number of nitrogens with one attached hydrogen (secondary N) is 1. The van der Waals surface area contributed by atoms with Crippen molar-refractivity contribution in [2.45, 2.75) is 6.92 Å². The molecule has 1 heterocycles. The lowest BCUT2D eigenvalue weighted by atomic mass is 10.1. The molecule has 1 N–H and O–H groups in total. The number of carbonyl (C=O) groups is 1. The van der Waals surface area contributed by atoms with Crippen LogP contribution in [-0.4, -0.2) is 19.3 Å². The molecule has 2 aromatic rings. The predicted molar refractivity (Wildman–Crippen MR) is 97.4 cm³/mol. The number of nitrogens with zero attached hydrogens (tertiary/aromatic N) is 1. The zero-order valence-electron chi connectivity index (χ0n) is 13.9. The summed E-state index contributed by atoms with van der Waals surface area (Å²) >= 11 is 6.13. The van der Waals surface area contributed by atoms with Crippen molar-refractivity contribution in [3.05, 3.63) is 52.6 Å². The van der Waals surface area contributed by atoms with Crippen molar-refractivity contribution >= 4 is 29.3 Å². The Balaban J connectivity index is 1.85. The SMILES string of the molecule is CCOc1ccccc1NC(=O)/C(C#N)=C/c1cc(Cl)c2c(c1)OCO2. The molecule has 0 saturated heterocycles. The fourth-order valence-electron chi connectivity index (χ4n) is 2.43. The fourth-order valence-corrected chi connectivity index (χ4v) is 2.70. The van der Waals surface area contributed by atoms with Crippen molar-refractivity contribution in [3.63, 3.8) is 0 Å². The monoisotopic (exact) mass is 370 g/mol. The fraction of sp³-hybridized carbons (Fsp3) is 0.158. The molecule has 7 heteroatoms. The Hall–Kier alpha value is -3.17. The number of carbonyl (C=O) groups excluding carboxylic acids is 1. The summed E-state index contributed by atoms with van der Waals surface area (Å²) in [6.45, 7) is 2.40. The van der Waals surface area contributed by atoms with E-state index in [2.05, 4.69) is 5.32 Å². The van der Waals surface area contributed by atoms with Gasteiger partial charge in [0.05, 0.1) is 17.3 Å². The van der Waals surface area contributed by atoms with E-state index in [-0.39, 0.29) is 12.4 Å². The van der Waals surface area contributed by atoms with Crippen LogP contribution in [0.1, 0.15) is 12.5 Å². The minimum absolute atomic E-state index is 0.0776. The van der Waals surface area contributed by atoms with Crippen LogP contribution in [0.25, 0.3) is 6.08 Å². The van der Waals surface area contributed by atoms with Gasteiger partial charge in [0, 0.05) is 0 Å². The summed E-state index contributed by atoms with van der Waals surface area (Å²) in [5, 5.41) is 12.4. The highest BCUT2D eigenvalue weighted by molar-refractivity contribution is 6.32. The number of rotatable bonds is 5. The van der Waals surface area contributed by atoms with Gasteiger partial charge in [0.1, 0.15) is 17.4 Å². The van der Waals surface area contributed by atoms with Gasteiger partial charge in [0.15, 0.2) is 11.5 Å². The van der Waals surface area contributed by atoms with Crippen LogP contribution in [0.5, 0.6) is 17.2 Å². The van der Waals surface area contributed by atoms with Crippen molar-refractivity contribution in [1.82, 2.24) is 0 Å². The number of anilines is 1. The summed E-state index contributed by atoms with van der Waals surface area (Å²) < 4.78 is 16.0. The first-order valence-electron chi connectivity index (χ1n) is 7.86. The molecule has 0 bridgehead atoms. The summed E-state index contributed by atoms with van der Waals surface area (Å²) in [4.78, 5) is 12.5. The number of hydrogen-bond donors (Lipinski definition) is 1. The molecule has 6 nitrogen and oxygen atoms in total. The highest BCUT2D eigenvalue weighted by Crippen LogP contribution is 2.40. The minimum Gasteiger partial charge on any atom is -0.492 e. The Morgan fingerprint density at radius 3 is 2.96 bits per heavy atom. The summed E-state index contributed by atoms with van der Waals surface area (Å²) in [6, 6.07) is 12.2. The van der Waals surface area contributed by atoms with Crippen LogP contribution in [0.3, 0.4) is 0 Å². The number of amides is 1. The van der Waals surface area contributed by atoms with E-state index < -0.39 is 5.91 Å². The van der Waals surface area contributed by atoms with Crippen LogP contribution in [0, 0.1) is 11.3 Å². The van der Waals surface area contributed by atoms with Gasteiger partial charge in [0.25, 0.3) is 5.91 Å². The van der Waals surface area contributed by atoms with Crippen molar-refractivity contribution < 1.29 is 19.0 Å². The zero-order chi connectivity index (χ0) is 18.5. The normalized spacial score (nSPS) is 12.4. The highest BCUT2D eigenvalue weighted by atomic mass is 35.5. The molecule has 26 heavy (non-hydrogen) atoms. The molecule has 0 radical (unpaired) electrons. The maximum absolute atomic E-state index is 12.5. The quantitative estimate of drug-likeness (QED) is 0.635.